The molecule has 0 amide bonds. The van der Waals surface area contributed by atoms with Gasteiger partial charge >= 0.3 is 0 Å². The lowest BCUT2D eigenvalue weighted by Crippen LogP contribution is -2.07. The van der Waals surface area contributed by atoms with E-state index >= 15 is 0 Å². The minimum atomic E-state index is -0.567. The number of hydrogen-bond donors (Lipinski definition) is 1. The fourth-order valence-corrected chi connectivity index (χ4v) is 2.61. The van der Waals surface area contributed by atoms with Crippen LogP contribution in [-0.4, -0.2) is 9.97 Å². The molecule has 0 saturated carbocycles. The molecular formula is C21H14N6. The van der Waals surface area contributed by atoms with E-state index in [-0.39, 0.29) is 0 Å². The second-order valence-corrected chi connectivity index (χ2v) is 5.87. The summed E-state index contributed by atoms with van der Waals surface area (Å²) in [7, 11) is 0. The molecule has 0 fully saturated rings. The van der Waals surface area contributed by atoms with Gasteiger partial charge in [-0.3, -0.25) is 0 Å². The Kier molecular flexibility index (Phi) is 5.07. The number of rotatable bonds is 4. The zero-order valence-corrected chi connectivity index (χ0v) is 14.5. The maximum atomic E-state index is 9.70. The van der Waals surface area contributed by atoms with Crippen molar-refractivity contribution in [2.24, 2.45) is 0 Å². The molecule has 1 N–H and O–H groups in total. The predicted octanol–water partition coefficient (Wildman–Crippen LogP) is 3.93. The van der Waals surface area contributed by atoms with Gasteiger partial charge < -0.3 is 5.32 Å². The summed E-state index contributed by atoms with van der Waals surface area (Å²) >= 11 is 0. The zero-order chi connectivity index (χ0) is 19.2. The normalized spacial score (nSPS) is 10.9. The van der Waals surface area contributed by atoms with Crippen molar-refractivity contribution in [1.82, 2.24) is 9.97 Å². The molecule has 6 heteroatoms. The van der Waals surface area contributed by atoms with Gasteiger partial charge in [0.2, 0.25) is 5.95 Å². The highest BCUT2D eigenvalue weighted by molar-refractivity contribution is 5.55. The van der Waals surface area contributed by atoms with Crippen molar-refractivity contribution in [2.45, 2.75) is 12.8 Å². The highest BCUT2D eigenvalue weighted by Gasteiger charge is 2.18. The van der Waals surface area contributed by atoms with Gasteiger partial charge in [0.15, 0.2) is 0 Å². The largest absolute Gasteiger partial charge is 0.324 e. The van der Waals surface area contributed by atoms with Crippen molar-refractivity contribution in [3.05, 3.63) is 82.7 Å². The average molecular weight is 350 g/mol. The van der Waals surface area contributed by atoms with Gasteiger partial charge in [-0.2, -0.15) is 15.8 Å². The first kappa shape index (κ1) is 17.6. The van der Waals surface area contributed by atoms with Crippen LogP contribution in [0.4, 0.5) is 11.6 Å². The van der Waals surface area contributed by atoms with Gasteiger partial charge in [0.05, 0.1) is 35.0 Å². The molecule has 3 rings (SSSR count). The highest BCUT2D eigenvalue weighted by atomic mass is 15.1. The van der Waals surface area contributed by atoms with Crippen LogP contribution in [0.3, 0.4) is 0 Å². The van der Waals surface area contributed by atoms with E-state index in [0.717, 1.165) is 16.8 Å². The van der Waals surface area contributed by atoms with Crippen LogP contribution in [0.25, 0.3) is 0 Å². The summed E-state index contributed by atoms with van der Waals surface area (Å²) in [5.74, 6) is -0.198. The molecular weight excluding hydrogens is 336 g/mol. The Morgan fingerprint density at radius 2 is 1.48 bits per heavy atom. The minimum absolute atomic E-state index is 0.370. The summed E-state index contributed by atoms with van der Waals surface area (Å²) in [6.45, 7) is 1.86. The van der Waals surface area contributed by atoms with Crippen LogP contribution < -0.4 is 5.32 Å². The summed E-state index contributed by atoms with van der Waals surface area (Å²) in [5, 5.41) is 30.6. The van der Waals surface area contributed by atoms with E-state index in [1.54, 1.807) is 54.7 Å². The maximum Gasteiger partial charge on any atom is 0.227 e. The van der Waals surface area contributed by atoms with Crippen LogP contribution in [0.2, 0.25) is 0 Å². The fourth-order valence-electron chi connectivity index (χ4n) is 2.61. The predicted molar refractivity (Wildman–Crippen MR) is 99.8 cm³/mol. The topological polar surface area (TPSA) is 109 Å². The number of nitrogens with one attached hydrogen (secondary N) is 1. The van der Waals surface area contributed by atoms with Gasteiger partial charge in [-0.25, -0.2) is 9.97 Å². The number of aromatic nitrogens is 2. The third-order valence-corrected chi connectivity index (χ3v) is 4.06. The number of benzene rings is 2. The first-order chi connectivity index (χ1) is 13.1. The fraction of sp³-hybridized carbons (Fsp3) is 0.0952. The molecule has 0 aliphatic heterocycles. The van der Waals surface area contributed by atoms with Crippen LogP contribution in [0.1, 0.15) is 33.9 Å². The van der Waals surface area contributed by atoms with Crippen molar-refractivity contribution >= 4 is 11.6 Å². The van der Waals surface area contributed by atoms with E-state index < -0.39 is 5.92 Å². The molecule has 0 bridgehead atoms. The Hall–Kier alpha value is -4.21. The number of anilines is 2. The van der Waals surface area contributed by atoms with E-state index in [1.807, 2.05) is 6.92 Å². The Morgan fingerprint density at radius 1 is 0.889 bits per heavy atom. The molecule has 0 spiro atoms. The molecule has 1 aromatic heterocycles. The number of nitrogens with zero attached hydrogens (tertiary/aromatic N) is 5. The monoisotopic (exact) mass is 350 g/mol. The zero-order valence-electron chi connectivity index (χ0n) is 14.5. The van der Waals surface area contributed by atoms with Gasteiger partial charge in [0.25, 0.3) is 0 Å². The van der Waals surface area contributed by atoms with Gasteiger partial charge in [-0.05, 0) is 54.4 Å². The lowest BCUT2D eigenvalue weighted by Gasteiger charge is -2.14. The standard InChI is InChI=1S/C21H14N6/c1-14-13-25-21(26-18-8-4-16(11-23)5-9-18)27-20(14)19(12-24)17-6-2-15(10-22)3-7-17/h2-9,13,19H,1H3,(H,25,26,27). The molecule has 1 heterocycles. The maximum absolute atomic E-state index is 9.70. The number of nitriles is 3. The van der Waals surface area contributed by atoms with Gasteiger partial charge in [0, 0.05) is 11.9 Å². The first-order valence-electron chi connectivity index (χ1n) is 8.15. The molecule has 1 atom stereocenters. The molecule has 0 saturated heterocycles. The van der Waals surface area contributed by atoms with Crippen molar-refractivity contribution in [2.75, 3.05) is 5.32 Å². The highest BCUT2D eigenvalue weighted by Crippen LogP contribution is 2.26. The molecule has 2 aromatic carbocycles. The molecule has 27 heavy (non-hydrogen) atoms. The number of aryl methyl sites for hydroxylation is 1. The summed E-state index contributed by atoms with van der Waals surface area (Å²) in [6.07, 6.45) is 1.67. The Morgan fingerprint density at radius 3 is 2.04 bits per heavy atom. The average Bonchev–Trinajstić information content (AvgIpc) is 2.72. The second kappa shape index (κ2) is 7.78. The molecule has 6 nitrogen and oxygen atoms in total. The van der Waals surface area contributed by atoms with Crippen molar-refractivity contribution in [1.29, 1.82) is 15.8 Å². The molecule has 0 aliphatic rings. The molecule has 3 aromatic rings. The van der Waals surface area contributed by atoms with Crippen LogP contribution in [0.5, 0.6) is 0 Å². The van der Waals surface area contributed by atoms with E-state index in [0.29, 0.717) is 22.8 Å². The van der Waals surface area contributed by atoms with Crippen LogP contribution in [0, 0.1) is 40.9 Å². The van der Waals surface area contributed by atoms with Gasteiger partial charge in [-0.1, -0.05) is 12.1 Å². The SMILES string of the molecule is Cc1cnc(Nc2ccc(C#N)cc2)nc1C(C#N)c1ccc(C#N)cc1. The van der Waals surface area contributed by atoms with Crippen LogP contribution in [0.15, 0.2) is 54.7 Å². The number of hydrogen-bond acceptors (Lipinski definition) is 6. The smallest absolute Gasteiger partial charge is 0.227 e. The van der Waals surface area contributed by atoms with Crippen molar-refractivity contribution in [3.8, 4) is 18.2 Å². The van der Waals surface area contributed by atoms with Crippen LogP contribution in [-0.2, 0) is 0 Å². The molecule has 0 aliphatic carbocycles. The third kappa shape index (κ3) is 3.90. The Bertz CT molecular complexity index is 1080. The van der Waals surface area contributed by atoms with Crippen molar-refractivity contribution in [3.63, 3.8) is 0 Å². The lowest BCUT2D eigenvalue weighted by atomic mass is 9.94. The van der Waals surface area contributed by atoms with E-state index in [2.05, 4.69) is 33.5 Å². The van der Waals surface area contributed by atoms with E-state index in [9.17, 15) is 5.26 Å². The second-order valence-electron chi connectivity index (χ2n) is 5.87. The Balaban J connectivity index is 1.92. The van der Waals surface area contributed by atoms with Gasteiger partial charge in [0.1, 0.15) is 5.92 Å². The van der Waals surface area contributed by atoms with Crippen molar-refractivity contribution < 1.29 is 0 Å². The summed E-state index contributed by atoms with van der Waals surface area (Å²) in [6, 6.07) is 20.3. The first-order valence-corrected chi connectivity index (χ1v) is 8.15. The van der Waals surface area contributed by atoms with E-state index in [4.69, 9.17) is 10.5 Å². The van der Waals surface area contributed by atoms with Crippen LogP contribution >= 0.6 is 0 Å². The van der Waals surface area contributed by atoms with E-state index in [1.165, 1.54) is 0 Å². The molecule has 1 unspecified atom stereocenters. The minimum Gasteiger partial charge on any atom is -0.324 e. The summed E-state index contributed by atoms with van der Waals surface area (Å²) < 4.78 is 0. The molecule has 128 valence electrons. The Labute approximate surface area is 157 Å². The summed E-state index contributed by atoms with van der Waals surface area (Å²) in [4.78, 5) is 8.80. The lowest BCUT2D eigenvalue weighted by molar-refractivity contribution is 0.926. The third-order valence-electron chi connectivity index (χ3n) is 4.06. The van der Waals surface area contributed by atoms with Gasteiger partial charge in [-0.15, -0.1) is 0 Å². The quantitative estimate of drug-likeness (QED) is 0.763. The molecule has 0 radical (unpaired) electrons. The summed E-state index contributed by atoms with van der Waals surface area (Å²) in [5.41, 5.74) is 4.03.